The Bertz CT molecular complexity index is 260. The zero-order valence-electron chi connectivity index (χ0n) is 12.6. The molecule has 0 aromatic heterocycles. The van der Waals surface area contributed by atoms with Gasteiger partial charge in [-0.1, -0.05) is 20.8 Å². The summed E-state index contributed by atoms with van der Waals surface area (Å²) >= 11 is 0. The molecule has 1 N–H and O–H groups in total. The lowest BCUT2D eigenvalue weighted by Crippen LogP contribution is -2.47. The molecular weight excluding hydrogens is 210 g/mol. The highest BCUT2D eigenvalue weighted by Crippen LogP contribution is 2.16. The molecule has 100 valence electrons. The van der Waals surface area contributed by atoms with Crippen molar-refractivity contribution >= 4 is 0 Å². The van der Waals surface area contributed by atoms with Crippen molar-refractivity contribution in [1.82, 2.24) is 10.2 Å². The van der Waals surface area contributed by atoms with Gasteiger partial charge in [0.05, 0.1) is 6.07 Å². The van der Waals surface area contributed by atoms with E-state index in [1.807, 2.05) is 6.92 Å². The highest BCUT2D eigenvalue weighted by atomic mass is 15.1. The third-order valence-electron chi connectivity index (χ3n) is 2.59. The summed E-state index contributed by atoms with van der Waals surface area (Å²) in [5, 5.41) is 12.6. The van der Waals surface area contributed by atoms with Crippen LogP contribution in [0.25, 0.3) is 0 Å². The maximum absolute atomic E-state index is 9.25. The van der Waals surface area contributed by atoms with Crippen LogP contribution in [-0.2, 0) is 0 Å². The fraction of sp³-hybridized carbons (Fsp3) is 0.929. The van der Waals surface area contributed by atoms with E-state index in [0.29, 0.717) is 11.5 Å². The lowest BCUT2D eigenvalue weighted by molar-refractivity contribution is 0.208. The number of nitriles is 1. The first-order valence-corrected chi connectivity index (χ1v) is 6.45. The van der Waals surface area contributed by atoms with Crippen molar-refractivity contribution in [2.45, 2.75) is 59.5 Å². The fourth-order valence-electron chi connectivity index (χ4n) is 2.10. The first-order chi connectivity index (χ1) is 7.58. The number of hydrogen-bond acceptors (Lipinski definition) is 3. The van der Waals surface area contributed by atoms with Crippen LogP contribution >= 0.6 is 0 Å². The molecular formula is C14H29N3. The van der Waals surface area contributed by atoms with E-state index in [1.54, 1.807) is 0 Å². The van der Waals surface area contributed by atoms with Crippen LogP contribution in [0.5, 0.6) is 0 Å². The molecule has 0 spiro atoms. The summed E-state index contributed by atoms with van der Waals surface area (Å²) in [4.78, 5) is 2.30. The number of rotatable bonds is 6. The lowest BCUT2D eigenvalue weighted by atomic mass is 9.94. The Labute approximate surface area is 107 Å². The monoisotopic (exact) mass is 239 g/mol. The van der Waals surface area contributed by atoms with Gasteiger partial charge < -0.3 is 4.90 Å². The van der Waals surface area contributed by atoms with Crippen molar-refractivity contribution in [2.24, 2.45) is 5.41 Å². The molecule has 0 bridgehead atoms. The van der Waals surface area contributed by atoms with Gasteiger partial charge in [0, 0.05) is 19.1 Å². The Hall–Kier alpha value is -0.590. The Kier molecular flexibility index (Phi) is 6.15. The molecule has 0 saturated heterocycles. The molecule has 0 saturated carbocycles. The van der Waals surface area contributed by atoms with Gasteiger partial charge in [-0.3, -0.25) is 5.32 Å². The molecule has 0 heterocycles. The predicted octanol–water partition coefficient (Wildman–Crippen LogP) is 2.63. The summed E-state index contributed by atoms with van der Waals surface area (Å²) in [5.74, 6) is 0. The van der Waals surface area contributed by atoms with E-state index in [0.717, 1.165) is 19.5 Å². The van der Waals surface area contributed by atoms with Gasteiger partial charge in [0.25, 0.3) is 0 Å². The molecule has 1 unspecified atom stereocenters. The number of nitrogens with one attached hydrogen (secondary N) is 1. The minimum Gasteiger partial charge on any atom is -0.306 e. The van der Waals surface area contributed by atoms with E-state index >= 15 is 0 Å². The molecule has 3 nitrogen and oxygen atoms in total. The summed E-state index contributed by atoms with van der Waals surface area (Å²) < 4.78 is 0. The van der Waals surface area contributed by atoms with Gasteiger partial charge in [0.2, 0.25) is 0 Å². The molecule has 0 rings (SSSR count). The van der Waals surface area contributed by atoms with Crippen LogP contribution in [0.15, 0.2) is 0 Å². The molecule has 1 atom stereocenters. The molecule has 0 fully saturated rings. The van der Waals surface area contributed by atoms with Gasteiger partial charge >= 0.3 is 0 Å². The van der Waals surface area contributed by atoms with Gasteiger partial charge in [0.1, 0.15) is 5.54 Å². The summed E-state index contributed by atoms with van der Waals surface area (Å²) in [7, 11) is 2.12. The van der Waals surface area contributed by atoms with Gasteiger partial charge in [-0.2, -0.15) is 5.26 Å². The van der Waals surface area contributed by atoms with Crippen molar-refractivity contribution in [1.29, 1.82) is 5.26 Å². The molecule has 0 aromatic rings. The topological polar surface area (TPSA) is 39.1 Å². The quantitative estimate of drug-likeness (QED) is 0.774. The van der Waals surface area contributed by atoms with Gasteiger partial charge in [-0.05, 0) is 39.7 Å². The normalized spacial score (nSPS) is 16.0. The second-order valence-corrected chi connectivity index (χ2v) is 6.79. The van der Waals surface area contributed by atoms with Crippen molar-refractivity contribution in [2.75, 3.05) is 20.1 Å². The number of nitrogens with zero attached hydrogens (tertiary/aromatic N) is 2. The summed E-state index contributed by atoms with van der Waals surface area (Å²) in [5.41, 5.74) is -0.108. The summed E-state index contributed by atoms with van der Waals surface area (Å²) in [6.07, 6.45) is 0.855. The minimum absolute atomic E-state index is 0.309. The smallest absolute Gasteiger partial charge is 0.105 e. The minimum atomic E-state index is -0.416. The van der Waals surface area contributed by atoms with E-state index in [2.05, 4.69) is 58.0 Å². The van der Waals surface area contributed by atoms with E-state index in [9.17, 15) is 5.26 Å². The van der Waals surface area contributed by atoms with Crippen molar-refractivity contribution in [3.8, 4) is 6.07 Å². The van der Waals surface area contributed by atoms with Crippen molar-refractivity contribution in [3.63, 3.8) is 0 Å². The third-order valence-corrected chi connectivity index (χ3v) is 2.59. The Balaban J connectivity index is 4.20. The Morgan fingerprint density at radius 1 is 1.24 bits per heavy atom. The highest BCUT2D eigenvalue weighted by molar-refractivity contribution is 5.04. The molecule has 0 radical (unpaired) electrons. The SMILES string of the molecule is CC(C)NC(C)(C#N)CCN(C)CC(C)(C)C. The van der Waals surface area contributed by atoms with E-state index in [-0.39, 0.29) is 0 Å². The molecule has 3 heteroatoms. The molecule has 0 aliphatic carbocycles. The lowest BCUT2D eigenvalue weighted by Gasteiger charge is -2.31. The van der Waals surface area contributed by atoms with Crippen LogP contribution in [0.4, 0.5) is 0 Å². The average Bonchev–Trinajstić information content (AvgIpc) is 2.11. The number of hydrogen-bond donors (Lipinski definition) is 1. The molecule has 0 aliphatic rings. The van der Waals surface area contributed by atoms with Gasteiger partial charge in [-0.15, -0.1) is 0 Å². The highest BCUT2D eigenvalue weighted by Gasteiger charge is 2.25. The average molecular weight is 239 g/mol. The van der Waals surface area contributed by atoms with Crippen molar-refractivity contribution < 1.29 is 0 Å². The van der Waals surface area contributed by atoms with E-state index < -0.39 is 5.54 Å². The first kappa shape index (κ1) is 16.4. The molecule has 0 aliphatic heterocycles. The second-order valence-electron chi connectivity index (χ2n) is 6.79. The molecule has 0 aromatic carbocycles. The van der Waals surface area contributed by atoms with Crippen LogP contribution in [0, 0.1) is 16.7 Å². The summed E-state index contributed by atoms with van der Waals surface area (Å²) in [6.45, 7) is 14.8. The maximum atomic E-state index is 9.25. The third kappa shape index (κ3) is 8.18. The van der Waals surface area contributed by atoms with Crippen LogP contribution in [-0.4, -0.2) is 36.6 Å². The van der Waals surface area contributed by atoms with Crippen LogP contribution in [0.3, 0.4) is 0 Å². The summed E-state index contributed by atoms with van der Waals surface area (Å²) in [6, 6.07) is 2.73. The van der Waals surface area contributed by atoms with Crippen LogP contribution in [0.1, 0.15) is 48.0 Å². The predicted molar refractivity (Wildman–Crippen MR) is 73.9 cm³/mol. The standard InChI is InChI=1S/C14H29N3/c1-12(2)16-14(6,10-15)8-9-17(7)11-13(3,4)5/h12,16H,8-9,11H2,1-7H3. The second kappa shape index (κ2) is 6.37. The van der Waals surface area contributed by atoms with Crippen LogP contribution < -0.4 is 5.32 Å². The molecule has 0 amide bonds. The molecule has 17 heavy (non-hydrogen) atoms. The Morgan fingerprint density at radius 3 is 2.12 bits per heavy atom. The fourth-order valence-corrected chi connectivity index (χ4v) is 2.10. The van der Waals surface area contributed by atoms with Crippen molar-refractivity contribution in [3.05, 3.63) is 0 Å². The first-order valence-electron chi connectivity index (χ1n) is 6.45. The van der Waals surface area contributed by atoms with E-state index in [1.165, 1.54) is 0 Å². The van der Waals surface area contributed by atoms with E-state index in [4.69, 9.17) is 0 Å². The zero-order chi connectivity index (χ0) is 13.7. The largest absolute Gasteiger partial charge is 0.306 e. The Morgan fingerprint density at radius 2 is 1.76 bits per heavy atom. The zero-order valence-corrected chi connectivity index (χ0v) is 12.6. The van der Waals surface area contributed by atoms with Gasteiger partial charge in [0.15, 0.2) is 0 Å². The maximum Gasteiger partial charge on any atom is 0.105 e. The van der Waals surface area contributed by atoms with Gasteiger partial charge in [-0.25, -0.2) is 0 Å². The van der Waals surface area contributed by atoms with Crippen LogP contribution in [0.2, 0.25) is 0 Å².